The Morgan fingerprint density at radius 3 is 1.62 bits per heavy atom. The molecule has 0 aromatic heterocycles. The molecule has 3 rings (SSSR count). The van der Waals surface area contributed by atoms with Gasteiger partial charge in [0.2, 0.25) is 0 Å². The maximum atomic E-state index is 5.55. The number of unbranched alkanes of at least 4 members (excludes halogenated alkanes) is 2. The third kappa shape index (κ3) is 3.01. The predicted molar refractivity (Wildman–Crippen MR) is 92.1 cm³/mol. The van der Waals surface area contributed by atoms with Gasteiger partial charge in [-0.1, -0.05) is 57.7 Å². The van der Waals surface area contributed by atoms with Crippen molar-refractivity contribution in [2.75, 3.05) is 0 Å². The van der Waals surface area contributed by atoms with Crippen molar-refractivity contribution in [2.24, 2.45) is 0 Å². The van der Waals surface area contributed by atoms with Crippen molar-refractivity contribution in [2.45, 2.75) is 89.6 Å². The second-order valence-electron chi connectivity index (χ2n) is 7.42. The van der Waals surface area contributed by atoms with Crippen LogP contribution in [-0.4, -0.2) is 12.2 Å². The lowest BCUT2D eigenvalue weighted by atomic mass is 9.81. The zero-order chi connectivity index (χ0) is 17.2. The highest BCUT2D eigenvalue weighted by molar-refractivity contribution is 5.34. The van der Waals surface area contributed by atoms with Crippen LogP contribution in [0.15, 0.2) is 24.3 Å². The van der Waals surface area contributed by atoms with Gasteiger partial charge in [-0.2, -0.15) is 0 Å². The molecule has 2 saturated heterocycles. The van der Waals surface area contributed by atoms with Crippen molar-refractivity contribution >= 4 is 0 Å². The van der Waals surface area contributed by atoms with E-state index in [0.29, 0.717) is 0 Å². The molecule has 4 nitrogen and oxygen atoms in total. The van der Waals surface area contributed by atoms with E-state index in [9.17, 15) is 0 Å². The van der Waals surface area contributed by atoms with E-state index in [1.165, 1.54) is 12.8 Å². The smallest absolute Gasteiger partial charge is 0.155 e. The van der Waals surface area contributed by atoms with Crippen molar-refractivity contribution in [1.82, 2.24) is 0 Å². The maximum absolute atomic E-state index is 5.55. The standard InChI is InChI=1S/C20H30O4/c1-5-7-12-17-19(3,23-21-17)15-10-9-11-16(14-15)20(4)18(22-24-20)13-8-6-2/h9-11,14,17-18H,5-8,12-13H2,1-4H3. The van der Waals surface area contributed by atoms with Crippen LogP contribution in [0.5, 0.6) is 0 Å². The average molecular weight is 334 g/mol. The highest BCUT2D eigenvalue weighted by atomic mass is 17.3. The van der Waals surface area contributed by atoms with Gasteiger partial charge >= 0.3 is 0 Å². The third-order valence-electron chi connectivity index (χ3n) is 5.55. The van der Waals surface area contributed by atoms with E-state index in [4.69, 9.17) is 19.6 Å². The molecular weight excluding hydrogens is 304 g/mol. The summed E-state index contributed by atoms with van der Waals surface area (Å²) in [7, 11) is 0. The molecule has 0 bridgehead atoms. The predicted octanol–water partition coefficient (Wildman–Crippen LogP) is 5.16. The summed E-state index contributed by atoms with van der Waals surface area (Å²) in [6, 6.07) is 8.52. The second-order valence-corrected chi connectivity index (χ2v) is 7.42. The molecule has 4 heteroatoms. The molecule has 1 aromatic carbocycles. The molecule has 0 N–H and O–H groups in total. The molecule has 0 spiro atoms. The minimum absolute atomic E-state index is 0.120. The van der Waals surface area contributed by atoms with Gasteiger partial charge in [-0.25, -0.2) is 19.6 Å². The molecule has 2 aliphatic rings. The van der Waals surface area contributed by atoms with Crippen LogP contribution >= 0.6 is 0 Å². The van der Waals surface area contributed by atoms with Crippen LogP contribution in [0.25, 0.3) is 0 Å². The summed E-state index contributed by atoms with van der Waals surface area (Å²) in [6.07, 6.45) is 6.91. The number of benzene rings is 1. The van der Waals surface area contributed by atoms with E-state index in [1.807, 2.05) is 0 Å². The van der Waals surface area contributed by atoms with Gasteiger partial charge in [-0.3, -0.25) is 0 Å². The van der Waals surface area contributed by atoms with Crippen LogP contribution in [0.4, 0.5) is 0 Å². The van der Waals surface area contributed by atoms with Crippen molar-refractivity contribution in [1.29, 1.82) is 0 Å². The SMILES string of the molecule is CCCCC1OOC1(C)c1cccc(C2(C)OOC2CCCC)c1. The van der Waals surface area contributed by atoms with Gasteiger partial charge in [0.25, 0.3) is 0 Å². The lowest BCUT2D eigenvalue weighted by Crippen LogP contribution is -2.53. The Kier molecular flexibility index (Phi) is 5.30. The number of rotatable bonds is 8. The quantitative estimate of drug-likeness (QED) is 0.615. The fourth-order valence-corrected chi connectivity index (χ4v) is 3.55. The zero-order valence-corrected chi connectivity index (χ0v) is 15.3. The van der Waals surface area contributed by atoms with E-state index < -0.39 is 0 Å². The van der Waals surface area contributed by atoms with Crippen molar-refractivity contribution in [3.8, 4) is 0 Å². The summed E-state index contributed by atoms with van der Waals surface area (Å²) >= 11 is 0. The Labute approximate surface area is 145 Å². The fourth-order valence-electron chi connectivity index (χ4n) is 3.55. The van der Waals surface area contributed by atoms with Crippen LogP contribution in [0.3, 0.4) is 0 Å². The van der Waals surface area contributed by atoms with Crippen molar-refractivity contribution in [3.63, 3.8) is 0 Å². The lowest BCUT2D eigenvalue weighted by Gasteiger charge is -2.47. The summed E-state index contributed by atoms with van der Waals surface area (Å²) in [5, 5.41) is 0. The van der Waals surface area contributed by atoms with E-state index in [2.05, 4.69) is 52.0 Å². The molecule has 2 heterocycles. The molecule has 4 unspecified atom stereocenters. The molecule has 0 radical (unpaired) electrons. The highest BCUT2D eigenvalue weighted by Gasteiger charge is 2.51. The molecule has 1 aromatic rings. The zero-order valence-electron chi connectivity index (χ0n) is 15.3. The van der Waals surface area contributed by atoms with Gasteiger partial charge in [-0.15, -0.1) is 0 Å². The normalized spacial score (nSPS) is 35.3. The summed E-state index contributed by atoms with van der Waals surface area (Å²) in [6.45, 7) is 8.63. The fraction of sp³-hybridized carbons (Fsp3) is 0.700. The minimum atomic E-state index is -0.370. The summed E-state index contributed by atoms with van der Waals surface area (Å²) < 4.78 is 0. The van der Waals surface area contributed by atoms with Gasteiger partial charge in [0.05, 0.1) is 0 Å². The van der Waals surface area contributed by atoms with Crippen LogP contribution in [0.2, 0.25) is 0 Å². The van der Waals surface area contributed by atoms with Gasteiger partial charge in [0, 0.05) is 0 Å². The average Bonchev–Trinajstić information content (AvgIpc) is 2.59. The second kappa shape index (κ2) is 7.12. The minimum Gasteiger partial charge on any atom is -0.229 e. The van der Waals surface area contributed by atoms with Gasteiger partial charge < -0.3 is 0 Å². The number of hydrogen-bond acceptors (Lipinski definition) is 4. The largest absolute Gasteiger partial charge is 0.229 e. The van der Waals surface area contributed by atoms with Gasteiger partial charge in [0.15, 0.2) is 11.2 Å². The van der Waals surface area contributed by atoms with Crippen LogP contribution in [-0.2, 0) is 30.8 Å². The number of hydrogen-bond donors (Lipinski definition) is 0. The first-order chi connectivity index (χ1) is 11.5. The van der Waals surface area contributed by atoms with E-state index in [1.54, 1.807) is 0 Å². The monoisotopic (exact) mass is 334 g/mol. The first kappa shape index (κ1) is 17.9. The lowest BCUT2D eigenvalue weighted by molar-refractivity contribution is -0.516. The first-order valence-corrected chi connectivity index (χ1v) is 9.34. The van der Waals surface area contributed by atoms with E-state index in [-0.39, 0.29) is 23.4 Å². The highest BCUT2D eigenvalue weighted by Crippen LogP contribution is 2.46. The molecule has 4 atom stereocenters. The molecule has 2 fully saturated rings. The van der Waals surface area contributed by atoms with Crippen molar-refractivity contribution in [3.05, 3.63) is 35.4 Å². The summed E-state index contributed by atoms with van der Waals surface area (Å²) in [5.41, 5.74) is 1.56. The Morgan fingerprint density at radius 1 is 0.833 bits per heavy atom. The van der Waals surface area contributed by atoms with E-state index >= 15 is 0 Å². The molecular formula is C20H30O4. The van der Waals surface area contributed by atoms with Crippen molar-refractivity contribution < 1.29 is 19.6 Å². The topological polar surface area (TPSA) is 36.9 Å². The molecule has 0 saturated carbocycles. The van der Waals surface area contributed by atoms with Gasteiger partial charge in [-0.05, 0) is 43.9 Å². The molecule has 134 valence electrons. The molecule has 2 aliphatic heterocycles. The van der Waals surface area contributed by atoms with Crippen LogP contribution in [0.1, 0.15) is 77.3 Å². The van der Waals surface area contributed by atoms with Crippen LogP contribution < -0.4 is 0 Å². The van der Waals surface area contributed by atoms with E-state index in [0.717, 1.165) is 36.8 Å². The molecule has 0 aliphatic carbocycles. The first-order valence-electron chi connectivity index (χ1n) is 9.34. The van der Waals surface area contributed by atoms with Gasteiger partial charge in [0.1, 0.15) is 12.2 Å². The molecule has 0 amide bonds. The summed E-state index contributed by atoms with van der Waals surface area (Å²) in [4.78, 5) is 21.9. The maximum Gasteiger partial charge on any atom is 0.155 e. The Morgan fingerprint density at radius 2 is 1.29 bits per heavy atom. The summed E-state index contributed by atoms with van der Waals surface area (Å²) in [5.74, 6) is 0. The molecule has 24 heavy (non-hydrogen) atoms. The Bertz CT molecular complexity index is 515. The third-order valence-corrected chi connectivity index (χ3v) is 5.55. The Balaban J connectivity index is 1.77. The van der Waals surface area contributed by atoms with Crippen LogP contribution in [0, 0.1) is 0 Å². The Hall–Kier alpha value is -0.940.